The summed E-state index contributed by atoms with van der Waals surface area (Å²) >= 11 is 16.9. The first-order valence-corrected chi connectivity index (χ1v) is 10.6. The molecule has 1 N–H and O–H groups in total. The summed E-state index contributed by atoms with van der Waals surface area (Å²) in [6, 6.07) is 8.70. The molecule has 1 fully saturated rings. The summed E-state index contributed by atoms with van der Waals surface area (Å²) < 4.78 is 11.7. The van der Waals surface area contributed by atoms with Crippen molar-refractivity contribution in [2.75, 3.05) is 13.7 Å². The zero-order chi connectivity index (χ0) is 21.0. The number of halogens is 3. The fourth-order valence-corrected chi connectivity index (χ4v) is 3.99. The number of nitrogens with zero attached hydrogens (tertiary/aromatic N) is 1. The van der Waals surface area contributed by atoms with E-state index in [0.717, 1.165) is 10.0 Å². The van der Waals surface area contributed by atoms with Gasteiger partial charge in [-0.05, 0) is 47.7 Å². The number of amidine groups is 1. The second-order valence-electron chi connectivity index (χ2n) is 5.68. The topological polar surface area (TPSA) is 59.9 Å². The number of nitrogens with one attached hydrogen (secondary N) is 1. The Bertz CT molecular complexity index is 1040. The Labute approximate surface area is 190 Å². The number of carbonyl (C=O) groups excluding carboxylic acids is 1. The van der Waals surface area contributed by atoms with Crippen molar-refractivity contribution in [3.63, 3.8) is 0 Å². The number of benzene rings is 2. The highest BCUT2D eigenvalue weighted by Gasteiger charge is 2.25. The number of rotatable bonds is 6. The summed E-state index contributed by atoms with van der Waals surface area (Å²) in [4.78, 5) is 17.2. The smallest absolute Gasteiger partial charge is 0.264 e. The van der Waals surface area contributed by atoms with Gasteiger partial charge in [0, 0.05) is 4.47 Å². The number of aliphatic imine (C=N–C) groups is 1. The maximum Gasteiger partial charge on any atom is 0.264 e. The lowest BCUT2D eigenvalue weighted by molar-refractivity contribution is -0.115. The molecule has 0 radical (unpaired) electrons. The first-order chi connectivity index (χ1) is 13.9. The van der Waals surface area contributed by atoms with Gasteiger partial charge in [0.15, 0.2) is 16.7 Å². The Kier molecular flexibility index (Phi) is 7.29. The van der Waals surface area contributed by atoms with Crippen molar-refractivity contribution < 1.29 is 14.3 Å². The van der Waals surface area contributed by atoms with Crippen molar-refractivity contribution in [2.45, 2.75) is 0 Å². The minimum atomic E-state index is -0.259. The summed E-state index contributed by atoms with van der Waals surface area (Å²) in [7, 11) is 1.55. The zero-order valence-electron chi connectivity index (χ0n) is 15.2. The largest absolute Gasteiger partial charge is 0.493 e. The number of thioether (sulfide) groups is 1. The summed E-state index contributed by atoms with van der Waals surface area (Å²) in [6.45, 7) is 3.99. The third-order valence-corrected chi connectivity index (χ3v) is 6.14. The van der Waals surface area contributed by atoms with Crippen molar-refractivity contribution in [3.05, 3.63) is 68.0 Å². The number of hydrogen-bond donors (Lipinski definition) is 1. The van der Waals surface area contributed by atoms with Crippen molar-refractivity contribution >= 4 is 73.7 Å². The SMILES string of the molecule is C=CCOc1cc(Br)c(/C=C2/SC(=Nc3cccc(Cl)c3Cl)NC2=O)cc1OC. The maximum atomic E-state index is 12.4. The molecule has 1 amide bonds. The molecule has 1 saturated heterocycles. The number of amides is 1. The van der Waals surface area contributed by atoms with Crippen LogP contribution in [0.2, 0.25) is 10.0 Å². The van der Waals surface area contributed by atoms with Crippen LogP contribution in [0, 0.1) is 0 Å². The molecule has 0 aromatic heterocycles. The first kappa shape index (κ1) is 21.8. The lowest BCUT2D eigenvalue weighted by Gasteiger charge is -2.11. The van der Waals surface area contributed by atoms with Gasteiger partial charge in [0.05, 0.1) is 27.7 Å². The third kappa shape index (κ3) is 5.17. The van der Waals surface area contributed by atoms with Crippen LogP contribution in [-0.2, 0) is 4.79 Å². The van der Waals surface area contributed by atoms with Crippen LogP contribution in [0.3, 0.4) is 0 Å². The summed E-state index contributed by atoms with van der Waals surface area (Å²) in [5.74, 6) is 0.859. The molecule has 150 valence electrons. The minimum Gasteiger partial charge on any atom is -0.493 e. The molecule has 2 aromatic rings. The molecule has 2 aromatic carbocycles. The van der Waals surface area contributed by atoms with E-state index < -0.39 is 0 Å². The molecule has 9 heteroatoms. The van der Waals surface area contributed by atoms with Gasteiger partial charge in [-0.25, -0.2) is 4.99 Å². The van der Waals surface area contributed by atoms with Crippen LogP contribution < -0.4 is 14.8 Å². The van der Waals surface area contributed by atoms with Crippen LogP contribution in [0.5, 0.6) is 11.5 Å². The van der Waals surface area contributed by atoms with Gasteiger partial charge < -0.3 is 14.8 Å². The Morgan fingerprint density at radius 1 is 1.31 bits per heavy atom. The number of methoxy groups -OCH3 is 1. The lowest BCUT2D eigenvalue weighted by atomic mass is 10.2. The van der Waals surface area contributed by atoms with Gasteiger partial charge in [0.2, 0.25) is 0 Å². The molecule has 1 aliphatic rings. The monoisotopic (exact) mass is 512 g/mol. The van der Waals surface area contributed by atoms with Gasteiger partial charge >= 0.3 is 0 Å². The van der Waals surface area contributed by atoms with Crippen molar-refractivity contribution in [3.8, 4) is 11.5 Å². The highest BCUT2D eigenvalue weighted by Crippen LogP contribution is 2.37. The van der Waals surface area contributed by atoms with Gasteiger partial charge in [0.25, 0.3) is 5.91 Å². The first-order valence-electron chi connectivity index (χ1n) is 8.27. The van der Waals surface area contributed by atoms with Gasteiger partial charge in [-0.3, -0.25) is 4.79 Å². The van der Waals surface area contributed by atoms with Crippen molar-refractivity contribution in [1.82, 2.24) is 5.32 Å². The van der Waals surface area contributed by atoms with Crippen molar-refractivity contribution in [2.24, 2.45) is 4.99 Å². The predicted octanol–water partition coefficient (Wildman–Crippen LogP) is 6.22. The number of carbonyl (C=O) groups is 1. The molecule has 0 saturated carbocycles. The van der Waals surface area contributed by atoms with E-state index in [1.165, 1.54) is 11.8 Å². The van der Waals surface area contributed by atoms with Crippen LogP contribution in [0.25, 0.3) is 6.08 Å². The Hall–Kier alpha value is -1.93. The van der Waals surface area contributed by atoms with E-state index in [0.29, 0.717) is 43.9 Å². The maximum absolute atomic E-state index is 12.4. The van der Waals surface area contributed by atoms with E-state index in [1.54, 1.807) is 49.6 Å². The molecule has 0 unspecified atom stereocenters. The predicted molar refractivity (Wildman–Crippen MR) is 124 cm³/mol. The summed E-state index contributed by atoms with van der Waals surface area (Å²) in [6.07, 6.45) is 3.39. The van der Waals surface area contributed by atoms with Crippen LogP contribution in [-0.4, -0.2) is 24.8 Å². The lowest BCUT2D eigenvalue weighted by Crippen LogP contribution is -2.19. The average Bonchev–Trinajstić information content (AvgIpc) is 3.04. The molecule has 0 atom stereocenters. The van der Waals surface area contributed by atoms with Gasteiger partial charge in [-0.2, -0.15) is 0 Å². The van der Waals surface area contributed by atoms with Crippen LogP contribution in [0.15, 0.2) is 57.4 Å². The molecule has 1 aliphatic heterocycles. The second-order valence-corrected chi connectivity index (χ2v) is 8.35. The highest BCUT2D eigenvalue weighted by atomic mass is 79.9. The molecule has 0 bridgehead atoms. The van der Waals surface area contributed by atoms with E-state index >= 15 is 0 Å². The normalized spacial score (nSPS) is 16.2. The second kappa shape index (κ2) is 9.71. The van der Waals surface area contributed by atoms with Gasteiger partial charge in [0.1, 0.15) is 6.61 Å². The summed E-state index contributed by atoms with van der Waals surface area (Å²) in [5, 5.41) is 3.87. The third-order valence-electron chi connectivity index (χ3n) is 3.73. The average molecular weight is 514 g/mol. The Morgan fingerprint density at radius 2 is 2.10 bits per heavy atom. The molecule has 5 nitrogen and oxygen atoms in total. The Morgan fingerprint density at radius 3 is 2.83 bits per heavy atom. The molecule has 3 rings (SSSR count). The van der Waals surface area contributed by atoms with E-state index in [9.17, 15) is 4.79 Å². The molecule has 0 spiro atoms. The van der Waals surface area contributed by atoms with Gasteiger partial charge in [-0.1, -0.05) is 57.9 Å². The van der Waals surface area contributed by atoms with E-state index in [4.69, 9.17) is 32.7 Å². The van der Waals surface area contributed by atoms with E-state index in [1.807, 2.05) is 0 Å². The van der Waals surface area contributed by atoms with E-state index in [2.05, 4.69) is 32.8 Å². The van der Waals surface area contributed by atoms with E-state index in [-0.39, 0.29) is 5.91 Å². The molecule has 0 aliphatic carbocycles. The van der Waals surface area contributed by atoms with Crippen LogP contribution in [0.4, 0.5) is 5.69 Å². The van der Waals surface area contributed by atoms with Crippen LogP contribution in [0.1, 0.15) is 5.56 Å². The fraction of sp³-hybridized carbons (Fsp3) is 0.100. The van der Waals surface area contributed by atoms with Crippen LogP contribution >= 0.6 is 50.9 Å². The molecule has 1 heterocycles. The quantitative estimate of drug-likeness (QED) is 0.368. The minimum absolute atomic E-state index is 0.259. The summed E-state index contributed by atoms with van der Waals surface area (Å²) in [5.41, 5.74) is 1.24. The van der Waals surface area contributed by atoms with Gasteiger partial charge in [-0.15, -0.1) is 0 Å². The molecule has 29 heavy (non-hydrogen) atoms. The molecular formula is C20H15BrCl2N2O3S. The highest BCUT2D eigenvalue weighted by molar-refractivity contribution is 9.10. The zero-order valence-corrected chi connectivity index (χ0v) is 19.1. The number of hydrogen-bond acceptors (Lipinski definition) is 5. The Balaban J connectivity index is 1.89. The number of ether oxygens (including phenoxy) is 2. The van der Waals surface area contributed by atoms with Crippen molar-refractivity contribution in [1.29, 1.82) is 0 Å². The fourth-order valence-electron chi connectivity index (χ4n) is 2.39. The molecular weight excluding hydrogens is 499 g/mol. The standard InChI is InChI=1S/C20H15BrCl2N2O3S/c1-3-7-28-16-10-12(21)11(8-15(16)27-2)9-17-19(26)25-20(29-17)24-14-6-4-5-13(22)18(14)23/h3-6,8-10H,1,7H2,2H3,(H,24,25,26)/b17-9+.